The zero-order chi connectivity index (χ0) is 18.1. The van der Waals surface area contributed by atoms with Crippen LogP contribution in [0, 0.1) is 0 Å². The molecular formula is C17H24N4O3S. The quantitative estimate of drug-likeness (QED) is 0.751. The largest absolute Gasteiger partial charge is 0.339 e. The molecule has 136 valence electrons. The van der Waals surface area contributed by atoms with Gasteiger partial charge in [0.2, 0.25) is 11.8 Å². The molecule has 25 heavy (non-hydrogen) atoms. The van der Waals surface area contributed by atoms with Crippen molar-refractivity contribution >= 4 is 23.6 Å². The summed E-state index contributed by atoms with van der Waals surface area (Å²) in [7, 11) is 0. The van der Waals surface area contributed by atoms with Gasteiger partial charge in [0.05, 0.1) is 11.7 Å². The van der Waals surface area contributed by atoms with Gasteiger partial charge in [0.25, 0.3) is 5.56 Å². The van der Waals surface area contributed by atoms with Crippen molar-refractivity contribution in [3.8, 4) is 0 Å². The Morgan fingerprint density at radius 3 is 2.48 bits per heavy atom. The summed E-state index contributed by atoms with van der Waals surface area (Å²) in [5.74, 6) is 0.994. The molecule has 2 amide bonds. The zero-order valence-electron chi connectivity index (χ0n) is 14.9. The molecule has 1 aromatic rings. The van der Waals surface area contributed by atoms with E-state index in [0.717, 1.165) is 10.9 Å². The molecule has 2 aliphatic rings. The molecular weight excluding hydrogens is 340 g/mol. The van der Waals surface area contributed by atoms with Crippen molar-refractivity contribution in [2.24, 2.45) is 0 Å². The molecule has 0 aromatic carbocycles. The van der Waals surface area contributed by atoms with Crippen LogP contribution in [-0.2, 0) is 9.59 Å². The van der Waals surface area contributed by atoms with E-state index < -0.39 is 0 Å². The third-order valence-corrected chi connectivity index (χ3v) is 5.89. The first-order chi connectivity index (χ1) is 11.9. The van der Waals surface area contributed by atoms with Gasteiger partial charge in [-0.3, -0.25) is 19.0 Å². The predicted molar refractivity (Wildman–Crippen MR) is 95.8 cm³/mol. The van der Waals surface area contributed by atoms with E-state index in [1.807, 2.05) is 13.8 Å². The summed E-state index contributed by atoms with van der Waals surface area (Å²) < 4.78 is 1.67. The van der Waals surface area contributed by atoms with Gasteiger partial charge < -0.3 is 9.80 Å². The number of thioether (sulfide) groups is 1. The Labute approximate surface area is 151 Å². The van der Waals surface area contributed by atoms with Gasteiger partial charge in [-0.2, -0.15) is 0 Å². The molecule has 3 rings (SSSR count). The van der Waals surface area contributed by atoms with Gasteiger partial charge in [-0.15, -0.1) is 0 Å². The Morgan fingerprint density at radius 2 is 1.88 bits per heavy atom. The number of aromatic nitrogens is 2. The van der Waals surface area contributed by atoms with Crippen molar-refractivity contribution in [2.45, 2.75) is 44.3 Å². The lowest BCUT2D eigenvalue weighted by Crippen LogP contribution is -2.50. The highest BCUT2D eigenvalue weighted by Gasteiger charge is 2.30. The number of nitrogens with zero attached hydrogens (tertiary/aromatic N) is 4. The second-order valence-electron chi connectivity index (χ2n) is 6.88. The van der Waals surface area contributed by atoms with Crippen LogP contribution >= 0.6 is 11.8 Å². The molecule has 0 bridgehead atoms. The highest BCUT2D eigenvalue weighted by Crippen LogP contribution is 2.33. The number of piperazine rings is 1. The number of hydrogen-bond acceptors (Lipinski definition) is 5. The average Bonchev–Trinajstić information content (AvgIpc) is 2.98. The number of carbonyl (C=O) groups is 2. The van der Waals surface area contributed by atoms with E-state index in [1.165, 1.54) is 0 Å². The minimum Gasteiger partial charge on any atom is -0.339 e. The van der Waals surface area contributed by atoms with Gasteiger partial charge in [0.15, 0.2) is 5.16 Å². The van der Waals surface area contributed by atoms with Crippen LogP contribution in [0.3, 0.4) is 0 Å². The molecule has 0 radical (unpaired) electrons. The molecule has 0 unspecified atom stereocenters. The van der Waals surface area contributed by atoms with Crippen LogP contribution in [0.5, 0.6) is 0 Å². The Kier molecular flexibility index (Phi) is 5.17. The van der Waals surface area contributed by atoms with E-state index in [2.05, 4.69) is 4.98 Å². The van der Waals surface area contributed by atoms with Crippen LogP contribution in [0.15, 0.2) is 16.0 Å². The zero-order valence-corrected chi connectivity index (χ0v) is 15.7. The van der Waals surface area contributed by atoms with Crippen molar-refractivity contribution in [3.63, 3.8) is 0 Å². The lowest BCUT2D eigenvalue weighted by Gasteiger charge is -2.34. The number of rotatable bonds is 3. The van der Waals surface area contributed by atoms with Crippen LogP contribution in [0.25, 0.3) is 0 Å². The summed E-state index contributed by atoms with van der Waals surface area (Å²) in [6.45, 7) is 7.86. The van der Waals surface area contributed by atoms with Crippen molar-refractivity contribution < 1.29 is 9.59 Å². The summed E-state index contributed by atoms with van der Waals surface area (Å²) in [5, 5.41) is 0.718. The Bertz CT molecular complexity index is 738. The fourth-order valence-corrected chi connectivity index (χ4v) is 4.37. The van der Waals surface area contributed by atoms with E-state index in [1.54, 1.807) is 39.1 Å². The molecule has 0 aliphatic carbocycles. The standard InChI is InChI=1S/C17H24N4O3S/c1-11(2)14-9-16(24)21-13(10-25-17(21)18-14)8-15(23)20-6-4-19(5-7-20)12(3)22/h9,11,13H,4-8,10H2,1-3H3/t13-/m1/s1. The van der Waals surface area contributed by atoms with Gasteiger partial charge in [-0.25, -0.2) is 4.98 Å². The van der Waals surface area contributed by atoms with Gasteiger partial charge in [0, 0.05) is 51.3 Å². The van der Waals surface area contributed by atoms with Crippen LogP contribution in [-0.4, -0.2) is 63.1 Å². The predicted octanol–water partition coefficient (Wildman–Crippen LogP) is 1.09. The fourth-order valence-electron chi connectivity index (χ4n) is 3.22. The summed E-state index contributed by atoms with van der Waals surface area (Å²) in [5.41, 5.74) is 0.731. The van der Waals surface area contributed by atoms with E-state index in [4.69, 9.17) is 0 Å². The number of amides is 2. The SMILES string of the molecule is CC(=O)N1CCN(C(=O)C[C@@H]2CSc3nc(C(C)C)cc(=O)n32)CC1. The lowest BCUT2D eigenvalue weighted by molar-refractivity contribution is -0.138. The molecule has 3 heterocycles. The first kappa shape index (κ1) is 18.0. The molecule has 2 aliphatic heterocycles. The van der Waals surface area contributed by atoms with Gasteiger partial charge >= 0.3 is 0 Å². The van der Waals surface area contributed by atoms with Crippen LogP contribution in [0.1, 0.15) is 44.8 Å². The number of hydrogen-bond donors (Lipinski definition) is 0. The minimum atomic E-state index is -0.139. The highest BCUT2D eigenvalue weighted by atomic mass is 32.2. The highest BCUT2D eigenvalue weighted by molar-refractivity contribution is 7.99. The molecule has 1 fully saturated rings. The van der Waals surface area contributed by atoms with E-state index in [-0.39, 0.29) is 29.3 Å². The Morgan fingerprint density at radius 1 is 1.24 bits per heavy atom. The van der Waals surface area contributed by atoms with E-state index in [9.17, 15) is 14.4 Å². The summed E-state index contributed by atoms with van der Waals surface area (Å²) in [4.78, 5) is 44.6. The maximum Gasteiger partial charge on any atom is 0.254 e. The topological polar surface area (TPSA) is 75.5 Å². The van der Waals surface area contributed by atoms with Crippen molar-refractivity contribution in [3.05, 3.63) is 22.1 Å². The molecule has 0 spiro atoms. The molecule has 1 aromatic heterocycles. The Balaban J connectivity index is 1.67. The molecule has 0 saturated carbocycles. The van der Waals surface area contributed by atoms with Crippen LogP contribution in [0.2, 0.25) is 0 Å². The normalized spacial score (nSPS) is 20.1. The van der Waals surface area contributed by atoms with Crippen LogP contribution in [0.4, 0.5) is 0 Å². The van der Waals surface area contributed by atoms with Gasteiger partial charge in [0.1, 0.15) is 0 Å². The first-order valence-corrected chi connectivity index (χ1v) is 9.65. The molecule has 0 N–H and O–H groups in total. The van der Waals surface area contributed by atoms with Crippen molar-refractivity contribution in [1.82, 2.24) is 19.4 Å². The molecule has 1 atom stereocenters. The maximum absolute atomic E-state index is 12.6. The second kappa shape index (κ2) is 7.19. The van der Waals surface area contributed by atoms with Crippen molar-refractivity contribution in [1.29, 1.82) is 0 Å². The van der Waals surface area contributed by atoms with Gasteiger partial charge in [-0.1, -0.05) is 25.6 Å². The number of fused-ring (bicyclic) bond motifs is 1. The Hall–Kier alpha value is -1.83. The number of carbonyl (C=O) groups excluding carboxylic acids is 2. The average molecular weight is 364 g/mol. The third kappa shape index (κ3) is 3.73. The first-order valence-electron chi connectivity index (χ1n) is 8.66. The van der Waals surface area contributed by atoms with E-state index in [0.29, 0.717) is 38.4 Å². The molecule has 1 saturated heterocycles. The minimum absolute atomic E-state index is 0.0430. The van der Waals surface area contributed by atoms with Crippen LogP contribution < -0.4 is 5.56 Å². The fraction of sp³-hybridized carbons (Fsp3) is 0.647. The summed E-state index contributed by atoms with van der Waals surface area (Å²) in [6, 6.07) is 1.45. The summed E-state index contributed by atoms with van der Waals surface area (Å²) >= 11 is 1.54. The monoisotopic (exact) mass is 364 g/mol. The lowest BCUT2D eigenvalue weighted by atomic mass is 10.1. The summed E-state index contributed by atoms with van der Waals surface area (Å²) in [6.07, 6.45) is 0.308. The van der Waals surface area contributed by atoms with Crippen molar-refractivity contribution in [2.75, 3.05) is 31.9 Å². The smallest absolute Gasteiger partial charge is 0.254 e. The van der Waals surface area contributed by atoms with E-state index >= 15 is 0 Å². The van der Waals surface area contributed by atoms with Gasteiger partial charge in [-0.05, 0) is 5.92 Å². The molecule has 8 heteroatoms. The second-order valence-corrected chi connectivity index (χ2v) is 7.87. The third-order valence-electron chi connectivity index (χ3n) is 4.79. The molecule has 7 nitrogen and oxygen atoms in total. The maximum atomic E-state index is 12.6.